The summed E-state index contributed by atoms with van der Waals surface area (Å²) in [6.07, 6.45) is 2.48. The fraction of sp³-hybridized carbons (Fsp3) is 0.800. The third kappa shape index (κ3) is 31.4. The van der Waals surface area contributed by atoms with Crippen LogP contribution in [0.1, 0.15) is 6.42 Å². The van der Waals surface area contributed by atoms with Gasteiger partial charge in [-0.1, -0.05) is 0 Å². The van der Waals surface area contributed by atoms with E-state index in [4.69, 9.17) is 28.4 Å². The molecule has 1 atom stereocenters. The predicted octanol–water partition coefficient (Wildman–Crippen LogP) is -0.504. The van der Waals surface area contributed by atoms with Crippen LogP contribution in [0.25, 0.3) is 0 Å². The summed E-state index contributed by atoms with van der Waals surface area (Å²) in [6, 6.07) is -0.683. The molecule has 15 heavy (non-hydrogen) atoms. The zero-order valence-electron chi connectivity index (χ0n) is 8.16. The Labute approximate surface area is 105 Å². The molecule has 0 bridgehead atoms. The summed E-state index contributed by atoms with van der Waals surface area (Å²) in [5, 5.41) is 8.27. The summed E-state index contributed by atoms with van der Waals surface area (Å²) in [5.41, 5.74) is 5.19. The van der Waals surface area contributed by atoms with E-state index in [0.29, 0.717) is 6.42 Å². The Morgan fingerprint density at radius 3 is 2.00 bits per heavy atom. The van der Waals surface area contributed by atoms with E-state index in [1.165, 1.54) is 0 Å². The minimum absolute atomic E-state index is 0. The van der Waals surface area contributed by atoms with Gasteiger partial charge in [0.05, 0.1) is 0 Å². The van der Waals surface area contributed by atoms with Crippen molar-refractivity contribution in [1.29, 1.82) is 0 Å². The standard InChI is InChI=1S/C5H11NO2S.H2O4S.Zn/c1-9-3-2-4(6)5(7)8;1-5(2,3)4;/h4H,2-3,6H2,1H3,(H,7,8);(H2,1,2,3,4);. The molecule has 0 saturated heterocycles. The van der Waals surface area contributed by atoms with Gasteiger partial charge < -0.3 is 10.8 Å². The molecular weight excluding hydrogens is 300 g/mol. The molecule has 1 unspecified atom stereocenters. The number of hydrogen-bond acceptors (Lipinski definition) is 5. The fourth-order valence-corrected chi connectivity index (χ4v) is 0.858. The molecule has 0 aliphatic heterocycles. The first-order chi connectivity index (χ1) is 6.18. The van der Waals surface area contributed by atoms with Crippen LogP contribution in [-0.2, 0) is 34.7 Å². The number of rotatable bonds is 4. The zero-order chi connectivity index (χ0) is 11.8. The number of thioether (sulfide) groups is 1. The van der Waals surface area contributed by atoms with E-state index in [-0.39, 0.29) is 19.5 Å². The Balaban J connectivity index is -0.000000208. The Hall–Kier alpha value is 0.273. The minimum atomic E-state index is -4.67. The number of carboxylic acids is 1. The molecule has 0 aromatic rings. The van der Waals surface area contributed by atoms with Crippen LogP contribution in [0.15, 0.2) is 0 Å². The molecule has 0 aliphatic carbocycles. The van der Waals surface area contributed by atoms with Gasteiger partial charge >= 0.3 is 16.4 Å². The van der Waals surface area contributed by atoms with Gasteiger partial charge in [-0.25, -0.2) is 0 Å². The molecular formula is C5H13NO6S2Zn. The van der Waals surface area contributed by atoms with Crippen molar-refractivity contribution in [3.05, 3.63) is 0 Å². The van der Waals surface area contributed by atoms with Gasteiger partial charge in [0.2, 0.25) is 0 Å². The van der Waals surface area contributed by atoms with Crippen LogP contribution < -0.4 is 5.73 Å². The van der Waals surface area contributed by atoms with Crippen molar-refractivity contribution in [3.8, 4) is 0 Å². The van der Waals surface area contributed by atoms with Crippen LogP contribution >= 0.6 is 11.8 Å². The second kappa shape index (κ2) is 10.8. The second-order valence-electron chi connectivity index (χ2n) is 2.17. The summed E-state index contributed by atoms with van der Waals surface area (Å²) in [4.78, 5) is 10.1. The smallest absolute Gasteiger partial charge is 0.394 e. The van der Waals surface area contributed by atoms with E-state index in [0.717, 1.165) is 5.75 Å². The maximum Gasteiger partial charge on any atom is 0.394 e. The fourth-order valence-electron chi connectivity index (χ4n) is 0.368. The first kappa shape index (κ1) is 20.7. The molecule has 0 rings (SSSR count). The molecule has 0 saturated carbocycles. The zero-order valence-corrected chi connectivity index (χ0v) is 12.8. The molecule has 0 amide bonds. The number of carbonyl (C=O) groups is 1. The summed E-state index contributed by atoms with van der Waals surface area (Å²) >= 11 is 1.60. The quantitative estimate of drug-likeness (QED) is 0.402. The van der Waals surface area contributed by atoms with Crippen molar-refractivity contribution in [1.82, 2.24) is 0 Å². The van der Waals surface area contributed by atoms with Crippen LogP contribution in [-0.4, -0.2) is 46.6 Å². The van der Waals surface area contributed by atoms with Crippen molar-refractivity contribution in [2.75, 3.05) is 12.0 Å². The molecule has 7 nitrogen and oxygen atoms in total. The first-order valence-corrected chi connectivity index (χ1v) is 6.14. The molecule has 0 aromatic carbocycles. The van der Waals surface area contributed by atoms with Gasteiger partial charge in [0, 0.05) is 19.5 Å². The molecule has 0 spiro atoms. The van der Waals surface area contributed by atoms with Gasteiger partial charge in [-0.3, -0.25) is 13.9 Å². The SMILES string of the molecule is CSCCC(N)C(=O)O.O=S(=O)(O)O.[Zn]. The largest absolute Gasteiger partial charge is 0.480 e. The maximum atomic E-state index is 10.1. The molecule has 0 heterocycles. The average molecular weight is 313 g/mol. The van der Waals surface area contributed by atoms with Crippen molar-refractivity contribution < 1.29 is 46.9 Å². The van der Waals surface area contributed by atoms with Crippen molar-refractivity contribution in [2.24, 2.45) is 5.73 Å². The summed E-state index contributed by atoms with van der Waals surface area (Å²) < 4.78 is 31.6. The van der Waals surface area contributed by atoms with Crippen LogP contribution in [0.4, 0.5) is 0 Å². The molecule has 0 radical (unpaired) electrons. The molecule has 88 valence electrons. The molecule has 0 aromatic heterocycles. The minimum Gasteiger partial charge on any atom is -0.480 e. The molecule has 0 aliphatic rings. The van der Waals surface area contributed by atoms with Gasteiger partial charge in [0.15, 0.2) is 0 Å². The van der Waals surface area contributed by atoms with Crippen molar-refractivity contribution in [2.45, 2.75) is 12.5 Å². The number of nitrogens with two attached hydrogens (primary N) is 1. The number of aliphatic carboxylic acids is 1. The van der Waals surface area contributed by atoms with Crippen LogP contribution in [0.5, 0.6) is 0 Å². The van der Waals surface area contributed by atoms with Gasteiger partial charge in [-0.15, -0.1) is 0 Å². The molecule has 10 heteroatoms. The van der Waals surface area contributed by atoms with Crippen molar-refractivity contribution in [3.63, 3.8) is 0 Å². The predicted molar refractivity (Wildman–Crippen MR) is 52.8 cm³/mol. The van der Waals surface area contributed by atoms with Gasteiger partial charge in [0.1, 0.15) is 6.04 Å². The molecule has 5 N–H and O–H groups in total. The van der Waals surface area contributed by atoms with E-state index in [1.807, 2.05) is 6.26 Å². The number of carboxylic acid groups (broad SMARTS) is 1. The van der Waals surface area contributed by atoms with E-state index in [1.54, 1.807) is 11.8 Å². The maximum absolute atomic E-state index is 10.1. The second-order valence-corrected chi connectivity index (χ2v) is 4.06. The Bertz CT molecular complexity index is 248. The van der Waals surface area contributed by atoms with Crippen LogP contribution in [0.3, 0.4) is 0 Å². The Morgan fingerprint density at radius 2 is 1.80 bits per heavy atom. The Kier molecular flexibility index (Phi) is 14.8. The monoisotopic (exact) mass is 311 g/mol. The Morgan fingerprint density at radius 1 is 1.47 bits per heavy atom. The normalized spacial score (nSPS) is 11.7. The summed E-state index contributed by atoms with van der Waals surface area (Å²) in [6.45, 7) is 0. The van der Waals surface area contributed by atoms with E-state index in [2.05, 4.69) is 0 Å². The van der Waals surface area contributed by atoms with E-state index < -0.39 is 22.4 Å². The van der Waals surface area contributed by atoms with Crippen LogP contribution in [0.2, 0.25) is 0 Å². The molecule has 0 fully saturated rings. The third-order valence-corrected chi connectivity index (χ3v) is 1.59. The number of hydrogen-bond donors (Lipinski definition) is 4. The van der Waals surface area contributed by atoms with E-state index in [9.17, 15) is 4.79 Å². The van der Waals surface area contributed by atoms with E-state index >= 15 is 0 Å². The summed E-state index contributed by atoms with van der Waals surface area (Å²) in [7, 11) is -4.67. The van der Waals surface area contributed by atoms with Gasteiger partial charge in [-0.05, 0) is 18.4 Å². The van der Waals surface area contributed by atoms with Crippen LogP contribution in [0, 0.1) is 0 Å². The topological polar surface area (TPSA) is 138 Å². The van der Waals surface area contributed by atoms with Gasteiger partial charge in [-0.2, -0.15) is 20.2 Å². The third-order valence-electron chi connectivity index (χ3n) is 0.950. The average Bonchev–Trinajstić information content (AvgIpc) is 1.96. The summed E-state index contributed by atoms with van der Waals surface area (Å²) in [5.74, 6) is -0.1000. The van der Waals surface area contributed by atoms with Crippen molar-refractivity contribution >= 4 is 28.1 Å². The van der Waals surface area contributed by atoms with Gasteiger partial charge in [0.25, 0.3) is 0 Å². The first-order valence-electron chi connectivity index (χ1n) is 3.35.